The van der Waals surface area contributed by atoms with E-state index in [-0.39, 0.29) is 16.2 Å². The lowest BCUT2D eigenvalue weighted by Gasteiger charge is -2.26. The zero-order valence-corrected chi connectivity index (χ0v) is 15.2. The number of sulfonamides is 1. The lowest BCUT2D eigenvalue weighted by molar-refractivity contribution is 0.243. The van der Waals surface area contributed by atoms with Gasteiger partial charge in [0, 0.05) is 16.6 Å². The molecule has 7 heteroatoms. The number of amides is 2. The molecule has 2 amide bonds. The van der Waals surface area contributed by atoms with Gasteiger partial charge in [-0.25, -0.2) is 13.2 Å². The second-order valence-corrected chi connectivity index (χ2v) is 8.03. The standard InChI is InChI=1S/C20H16N2O4S/c1-13-5-4-7-15(11-13)21-20(24)22-12-18(23)17-10-9-14-6-2-3-8-16(14)19(17)27(22,25)26/h2-12,23H,1H3,(H,21,24). The Labute approximate surface area is 156 Å². The Morgan fingerprint density at radius 2 is 1.81 bits per heavy atom. The first-order valence-electron chi connectivity index (χ1n) is 8.23. The number of anilines is 1. The predicted molar refractivity (Wildman–Crippen MR) is 104 cm³/mol. The molecule has 0 fully saturated rings. The first kappa shape index (κ1) is 17.1. The zero-order chi connectivity index (χ0) is 19.2. The van der Waals surface area contributed by atoms with Crippen LogP contribution in [-0.2, 0) is 10.0 Å². The fourth-order valence-electron chi connectivity index (χ4n) is 3.14. The number of rotatable bonds is 1. The highest BCUT2D eigenvalue weighted by molar-refractivity contribution is 7.90. The number of hydrogen-bond acceptors (Lipinski definition) is 4. The number of hydrogen-bond donors (Lipinski definition) is 2. The molecule has 1 heterocycles. The Kier molecular flexibility index (Phi) is 3.89. The van der Waals surface area contributed by atoms with Crippen molar-refractivity contribution in [3.8, 4) is 0 Å². The van der Waals surface area contributed by atoms with Gasteiger partial charge in [-0.3, -0.25) is 0 Å². The summed E-state index contributed by atoms with van der Waals surface area (Å²) < 4.78 is 26.9. The Balaban J connectivity index is 1.82. The minimum atomic E-state index is -4.19. The van der Waals surface area contributed by atoms with Crippen LogP contribution in [0.1, 0.15) is 11.1 Å². The number of aryl methyl sites for hydroxylation is 1. The van der Waals surface area contributed by atoms with E-state index in [1.807, 2.05) is 13.0 Å². The molecule has 2 N–H and O–H groups in total. The van der Waals surface area contributed by atoms with Crippen LogP contribution in [0.25, 0.3) is 16.5 Å². The molecule has 0 saturated carbocycles. The van der Waals surface area contributed by atoms with Gasteiger partial charge in [-0.2, -0.15) is 4.31 Å². The Hall–Kier alpha value is -3.32. The molecule has 3 aromatic rings. The van der Waals surface area contributed by atoms with Crippen LogP contribution in [-0.4, -0.2) is 23.9 Å². The Morgan fingerprint density at radius 3 is 2.59 bits per heavy atom. The summed E-state index contributed by atoms with van der Waals surface area (Å²) in [6, 6.07) is 16.3. The highest BCUT2D eigenvalue weighted by atomic mass is 32.2. The minimum Gasteiger partial charge on any atom is -0.506 e. The number of benzene rings is 3. The summed E-state index contributed by atoms with van der Waals surface area (Å²) in [5.74, 6) is -0.287. The second-order valence-electron chi connectivity index (χ2n) is 6.28. The third-order valence-electron chi connectivity index (χ3n) is 4.38. The van der Waals surface area contributed by atoms with Gasteiger partial charge in [0.15, 0.2) is 0 Å². The van der Waals surface area contributed by atoms with Crippen LogP contribution in [0.4, 0.5) is 10.5 Å². The fraction of sp³-hybridized carbons (Fsp3) is 0.0500. The molecule has 27 heavy (non-hydrogen) atoms. The maximum absolute atomic E-state index is 13.2. The number of aliphatic hydroxyl groups excluding tert-OH is 1. The molecule has 0 aliphatic carbocycles. The number of aliphatic hydroxyl groups is 1. The quantitative estimate of drug-likeness (QED) is 0.661. The maximum atomic E-state index is 13.2. The van der Waals surface area contributed by atoms with E-state index in [1.165, 1.54) is 6.07 Å². The first-order valence-corrected chi connectivity index (χ1v) is 9.67. The lowest BCUT2D eigenvalue weighted by atomic mass is 10.1. The third kappa shape index (κ3) is 2.82. The molecular weight excluding hydrogens is 364 g/mol. The smallest absolute Gasteiger partial charge is 0.340 e. The van der Waals surface area contributed by atoms with Gasteiger partial charge < -0.3 is 10.4 Å². The number of urea groups is 1. The summed E-state index contributed by atoms with van der Waals surface area (Å²) in [5, 5.41) is 14.1. The van der Waals surface area contributed by atoms with Crippen LogP contribution in [0, 0.1) is 6.92 Å². The second kappa shape index (κ2) is 6.14. The molecule has 0 bridgehead atoms. The van der Waals surface area contributed by atoms with Gasteiger partial charge in [0.1, 0.15) is 10.7 Å². The number of carbonyl (C=O) groups is 1. The van der Waals surface area contributed by atoms with E-state index in [1.54, 1.807) is 48.5 Å². The molecule has 136 valence electrons. The normalized spacial score (nSPS) is 15.1. The van der Waals surface area contributed by atoms with E-state index in [0.29, 0.717) is 20.8 Å². The molecule has 0 unspecified atom stereocenters. The van der Waals surface area contributed by atoms with Gasteiger partial charge in [0.25, 0.3) is 10.0 Å². The maximum Gasteiger partial charge on any atom is 0.340 e. The highest BCUT2D eigenvalue weighted by Crippen LogP contribution is 2.36. The van der Waals surface area contributed by atoms with Crippen molar-refractivity contribution >= 4 is 38.3 Å². The van der Waals surface area contributed by atoms with Crippen molar-refractivity contribution < 1.29 is 18.3 Å². The van der Waals surface area contributed by atoms with E-state index < -0.39 is 16.1 Å². The van der Waals surface area contributed by atoms with Gasteiger partial charge in [0.2, 0.25) is 0 Å². The topological polar surface area (TPSA) is 86.7 Å². The molecule has 6 nitrogen and oxygen atoms in total. The summed E-state index contributed by atoms with van der Waals surface area (Å²) >= 11 is 0. The minimum absolute atomic E-state index is 0.0833. The van der Waals surface area contributed by atoms with Gasteiger partial charge in [0.05, 0.1) is 6.20 Å². The van der Waals surface area contributed by atoms with Crippen molar-refractivity contribution in [1.82, 2.24) is 4.31 Å². The van der Waals surface area contributed by atoms with Crippen molar-refractivity contribution in [2.45, 2.75) is 11.8 Å². The van der Waals surface area contributed by atoms with E-state index >= 15 is 0 Å². The van der Waals surface area contributed by atoms with Gasteiger partial charge in [-0.15, -0.1) is 0 Å². The predicted octanol–water partition coefficient (Wildman–Crippen LogP) is 4.24. The summed E-state index contributed by atoms with van der Waals surface area (Å²) in [7, 11) is -4.19. The molecule has 0 aromatic heterocycles. The zero-order valence-electron chi connectivity index (χ0n) is 14.4. The number of nitrogens with zero attached hydrogens (tertiary/aromatic N) is 1. The lowest BCUT2D eigenvalue weighted by Crippen LogP contribution is -2.38. The molecule has 0 spiro atoms. The van der Waals surface area contributed by atoms with E-state index in [0.717, 1.165) is 11.8 Å². The Bertz CT molecular complexity index is 1220. The van der Waals surface area contributed by atoms with Crippen LogP contribution in [0.5, 0.6) is 0 Å². The Morgan fingerprint density at radius 1 is 1.04 bits per heavy atom. The summed E-state index contributed by atoms with van der Waals surface area (Å²) in [6.07, 6.45) is 0.928. The molecule has 4 rings (SSSR count). The van der Waals surface area contributed by atoms with Crippen molar-refractivity contribution in [3.05, 3.63) is 78.0 Å². The van der Waals surface area contributed by atoms with Crippen LogP contribution >= 0.6 is 0 Å². The molecule has 1 aliphatic heterocycles. The molecule has 0 saturated heterocycles. The number of carbonyl (C=O) groups excluding carboxylic acids is 1. The average molecular weight is 380 g/mol. The summed E-state index contributed by atoms with van der Waals surface area (Å²) in [4.78, 5) is 12.6. The van der Waals surface area contributed by atoms with Crippen molar-refractivity contribution in [3.63, 3.8) is 0 Å². The molecule has 0 radical (unpaired) electrons. The van der Waals surface area contributed by atoms with Gasteiger partial charge >= 0.3 is 6.03 Å². The number of fused-ring (bicyclic) bond motifs is 3. The fourth-order valence-corrected chi connectivity index (χ4v) is 4.75. The molecule has 3 aromatic carbocycles. The first-order chi connectivity index (χ1) is 12.9. The van der Waals surface area contributed by atoms with Gasteiger partial charge in [-0.1, -0.05) is 42.5 Å². The van der Waals surface area contributed by atoms with E-state index in [4.69, 9.17) is 0 Å². The molecule has 1 aliphatic rings. The highest BCUT2D eigenvalue weighted by Gasteiger charge is 2.37. The van der Waals surface area contributed by atoms with Crippen LogP contribution in [0.2, 0.25) is 0 Å². The largest absolute Gasteiger partial charge is 0.506 e. The summed E-state index contributed by atoms with van der Waals surface area (Å²) in [5.41, 5.74) is 1.56. The summed E-state index contributed by atoms with van der Waals surface area (Å²) in [6.45, 7) is 1.86. The van der Waals surface area contributed by atoms with Crippen molar-refractivity contribution in [2.24, 2.45) is 0 Å². The van der Waals surface area contributed by atoms with Crippen LogP contribution in [0.15, 0.2) is 71.8 Å². The van der Waals surface area contributed by atoms with Crippen LogP contribution < -0.4 is 5.32 Å². The third-order valence-corrected chi connectivity index (χ3v) is 6.13. The molecular formula is C20H16N2O4S. The molecule has 0 atom stereocenters. The van der Waals surface area contributed by atoms with E-state index in [9.17, 15) is 18.3 Å². The van der Waals surface area contributed by atoms with E-state index in [2.05, 4.69) is 5.32 Å². The van der Waals surface area contributed by atoms with Crippen molar-refractivity contribution in [2.75, 3.05) is 5.32 Å². The number of nitrogens with one attached hydrogen (secondary N) is 1. The van der Waals surface area contributed by atoms with Crippen molar-refractivity contribution in [1.29, 1.82) is 0 Å². The van der Waals surface area contributed by atoms with Gasteiger partial charge in [-0.05, 0) is 36.1 Å². The average Bonchev–Trinajstić information content (AvgIpc) is 2.64. The SMILES string of the molecule is Cc1cccc(NC(=O)N2C=C(O)c3ccc4ccccc4c3S2(=O)=O)c1. The monoisotopic (exact) mass is 380 g/mol. The van der Waals surface area contributed by atoms with Crippen LogP contribution in [0.3, 0.4) is 0 Å².